The van der Waals surface area contributed by atoms with Crippen LogP contribution in [0.25, 0.3) is 22.3 Å². The van der Waals surface area contributed by atoms with E-state index in [-0.39, 0.29) is 22.5 Å². The van der Waals surface area contributed by atoms with Crippen molar-refractivity contribution < 1.29 is 64.6 Å². The smallest absolute Gasteiger partial charge is 0.197 e. The van der Waals surface area contributed by atoms with Crippen LogP contribution in [0.4, 0.5) is 0 Å². The number of fused-ring (bicyclic) bond motifs is 1. The molecule has 3 heterocycles. The standard InChI is InChI=1S/C27H30O14/c1-9-19(32)22(35)24(37)27(38-9)41-26-23(36)20(33)16(8-28)40-25(26)18-13(31)7-15-17(21(18)34)12(30)6-14(39-15)10-2-4-11(29)5-3-10/h2-7,9,16,19-20,22-29,31-37H,8H2,1H3/t9-,16+,19-,20-,22+,23+,24+,25-,26+,27+/m0/s1. The Balaban J connectivity index is 1.59. The van der Waals surface area contributed by atoms with Gasteiger partial charge < -0.3 is 64.6 Å². The molecule has 0 amide bonds. The molecule has 1 aromatic heterocycles. The summed E-state index contributed by atoms with van der Waals surface area (Å²) in [6, 6.07) is 7.85. The Hall–Kier alpha value is -3.31. The van der Waals surface area contributed by atoms with Gasteiger partial charge in [0, 0.05) is 17.7 Å². The number of hydrogen-bond donors (Lipinski definition) is 9. The largest absolute Gasteiger partial charge is 0.508 e. The summed E-state index contributed by atoms with van der Waals surface area (Å²) in [6.07, 6.45) is -16.1. The molecule has 2 saturated heterocycles. The van der Waals surface area contributed by atoms with Crippen LogP contribution in [-0.2, 0) is 14.2 Å². The molecule has 3 aromatic rings. The number of aromatic hydroxyl groups is 3. The van der Waals surface area contributed by atoms with Crippen molar-refractivity contribution in [3.8, 4) is 28.6 Å². The van der Waals surface area contributed by atoms with Gasteiger partial charge in [-0.1, -0.05) is 0 Å². The predicted octanol–water partition coefficient (Wildman–Crippen LogP) is -1.06. The molecule has 0 saturated carbocycles. The molecule has 14 heteroatoms. The second-order valence-corrected chi connectivity index (χ2v) is 10.1. The molecule has 0 radical (unpaired) electrons. The van der Waals surface area contributed by atoms with Crippen LogP contribution < -0.4 is 5.43 Å². The summed E-state index contributed by atoms with van der Waals surface area (Å²) in [7, 11) is 0. The summed E-state index contributed by atoms with van der Waals surface area (Å²) in [5, 5.41) is 93.1. The quantitative estimate of drug-likeness (QED) is 0.175. The van der Waals surface area contributed by atoms with Gasteiger partial charge in [0.05, 0.1) is 18.3 Å². The predicted molar refractivity (Wildman–Crippen MR) is 137 cm³/mol. The van der Waals surface area contributed by atoms with Crippen molar-refractivity contribution in [3.05, 3.63) is 52.2 Å². The zero-order valence-electron chi connectivity index (χ0n) is 21.5. The third-order valence-electron chi connectivity index (χ3n) is 7.41. The maximum Gasteiger partial charge on any atom is 0.197 e. The Morgan fingerprint density at radius 1 is 0.854 bits per heavy atom. The number of benzene rings is 2. The van der Waals surface area contributed by atoms with Crippen LogP contribution in [0.3, 0.4) is 0 Å². The monoisotopic (exact) mass is 578 g/mol. The van der Waals surface area contributed by atoms with E-state index in [1.165, 1.54) is 31.2 Å². The Kier molecular flexibility index (Phi) is 7.95. The van der Waals surface area contributed by atoms with Crippen molar-refractivity contribution in [1.82, 2.24) is 0 Å². The molecule has 0 bridgehead atoms. The number of ether oxygens (including phenoxy) is 3. The lowest BCUT2D eigenvalue weighted by molar-refractivity contribution is -0.338. The summed E-state index contributed by atoms with van der Waals surface area (Å²) in [4.78, 5) is 13.1. The lowest BCUT2D eigenvalue weighted by Crippen LogP contribution is -2.61. The van der Waals surface area contributed by atoms with Crippen LogP contribution in [0, 0.1) is 0 Å². The maximum absolute atomic E-state index is 13.1. The van der Waals surface area contributed by atoms with Gasteiger partial charge in [0.2, 0.25) is 0 Å². The van der Waals surface area contributed by atoms with E-state index in [1.54, 1.807) is 0 Å². The fourth-order valence-corrected chi connectivity index (χ4v) is 5.11. The maximum atomic E-state index is 13.1. The lowest BCUT2D eigenvalue weighted by atomic mass is 9.89. The van der Waals surface area contributed by atoms with Crippen molar-refractivity contribution in [2.24, 2.45) is 0 Å². The Bertz CT molecular complexity index is 1460. The number of phenolic OH excluding ortho intramolecular Hbond substituents is 3. The summed E-state index contributed by atoms with van der Waals surface area (Å²) >= 11 is 0. The van der Waals surface area contributed by atoms with Crippen LogP contribution in [0.1, 0.15) is 18.6 Å². The van der Waals surface area contributed by atoms with Crippen LogP contribution in [0.2, 0.25) is 0 Å². The van der Waals surface area contributed by atoms with Gasteiger partial charge >= 0.3 is 0 Å². The van der Waals surface area contributed by atoms with E-state index in [2.05, 4.69) is 0 Å². The molecule has 0 spiro atoms. The van der Waals surface area contributed by atoms with Gasteiger partial charge in [-0.2, -0.15) is 0 Å². The number of rotatable bonds is 5. The van der Waals surface area contributed by atoms with Crippen LogP contribution in [0.5, 0.6) is 17.2 Å². The van der Waals surface area contributed by atoms with Crippen molar-refractivity contribution in [2.75, 3.05) is 6.61 Å². The molecule has 0 unspecified atom stereocenters. The van der Waals surface area contributed by atoms with Gasteiger partial charge in [0.1, 0.15) is 82.8 Å². The highest BCUT2D eigenvalue weighted by Gasteiger charge is 2.51. The zero-order chi connectivity index (χ0) is 29.7. The van der Waals surface area contributed by atoms with E-state index in [0.717, 1.165) is 12.1 Å². The molecule has 5 rings (SSSR count). The topological polar surface area (TPSA) is 240 Å². The molecular weight excluding hydrogens is 548 g/mol. The first-order chi connectivity index (χ1) is 19.4. The summed E-state index contributed by atoms with van der Waals surface area (Å²) in [5.74, 6) is -1.42. The van der Waals surface area contributed by atoms with Crippen LogP contribution >= 0.6 is 0 Å². The number of aliphatic hydroxyl groups excluding tert-OH is 6. The Morgan fingerprint density at radius 3 is 2.20 bits per heavy atom. The molecule has 14 nitrogen and oxygen atoms in total. The van der Waals surface area contributed by atoms with E-state index in [9.17, 15) is 50.8 Å². The third kappa shape index (κ3) is 5.14. The van der Waals surface area contributed by atoms with Gasteiger partial charge in [-0.15, -0.1) is 0 Å². The average Bonchev–Trinajstić information content (AvgIpc) is 2.93. The summed E-state index contributed by atoms with van der Waals surface area (Å²) < 4.78 is 22.6. The van der Waals surface area contributed by atoms with E-state index >= 15 is 0 Å². The fraction of sp³-hybridized carbons (Fsp3) is 0.444. The molecule has 2 fully saturated rings. The fourth-order valence-electron chi connectivity index (χ4n) is 5.11. The molecule has 2 aliphatic rings. The minimum atomic E-state index is -1.86. The first-order valence-electron chi connectivity index (χ1n) is 12.7. The van der Waals surface area contributed by atoms with Crippen LogP contribution in [0.15, 0.2) is 45.6 Å². The molecule has 0 aliphatic carbocycles. The molecular formula is C27H30O14. The molecule has 2 aromatic carbocycles. The van der Waals surface area contributed by atoms with Crippen molar-refractivity contribution in [1.29, 1.82) is 0 Å². The highest BCUT2D eigenvalue weighted by Crippen LogP contribution is 2.46. The number of hydrogen-bond acceptors (Lipinski definition) is 14. The highest BCUT2D eigenvalue weighted by atomic mass is 16.7. The Morgan fingerprint density at radius 2 is 1.54 bits per heavy atom. The van der Waals surface area contributed by atoms with Gasteiger partial charge in [-0.05, 0) is 31.2 Å². The van der Waals surface area contributed by atoms with Gasteiger partial charge in [0.25, 0.3) is 0 Å². The average molecular weight is 579 g/mol. The zero-order valence-corrected chi connectivity index (χ0v) is 21.5. The first kappa shape index (κ1) is 29.2. The first-order valence-corrected chi connectivity index (χ1v) is 12.7. The van der Waals surface area contributed by atoms with E-state index < -0.39 is 90.3 Å². The molecule has 222 valence electrons. The van der Waals surface area contributed by atoms with E-state index in [4.69, 9.17) is 18.6 Å². The summed E-state index contributed by atoms with van der Waals surface area (Å²) in [5.41, 5.74) is -0.985. The molecule has 41 heavy (non-hydrogen) atoms. The normalized spacial score (nSPS) is 34.1. The molecule has 10 atom stereocenters. The van der Waals surface area contributed by atoms with Gasteiger partial charge in [-0.3, -0.25) is 4.79 Å². The summed E-state index contributed by atoms with van der Waals surface area (Å²) in [6.45, 7) is 0.601. The minimum Gasteiger partial charge on any atom is -0.508 e. The number of phenols is 3. The van der Waals surface area contributed by atoms with Crippen molar-refractivity contribution >= 4 is 11.0 Å². The molecule has 2 aliphatic heterocycles. The van der Waals surface area contributed by atoms with Crippen molar-refractivity contribution in [3.63, 3.8) is 0 Å². The SMILES string of the molecule is C[C@@H]1O[C@H](O[C@@H]2[C@H](O)[C@@H](O)[C@@H](CO)O[C@H]2c2c(O)cc3oc(-c4ccc(O)cc4)cc(=O)c3c2O)[C@H](O)[C@H](O)[C@H]1O. The highest BCUT2D eigenvalue weighted by molar-refractivity contribution is 5.88. The second-order valence-electron chi connectivity index (χ2n) is 10.1. The van der Waals surface area contributed by atoms with Crippen molar-refractivity contribution in [2.45, 2.75) is 68.1 Å². The number of aliphatic hydroxyl groups is 6. The van der Waals surface area contributed by atoms with E-state index in [0.29, 0.717) is 5.56 Å². The van der Waals surface area contributed by atoms with E-state index in [1.807, 2.05) is 0 Å². The minimum absolute atomic E-state index is 0.0131. The lowest BCUT2D eigenvalue weighted by Gasteiger charge is -2.46. The third-order valence-corrected chi connectivity index (χ3v) is 7.41. The van der Waals surface area contributed by atoms with Gasteiger partial charge in [0.15, 0.2) is 11.7 Å². The molecule has 9 N–H and O–H groups in total. The second kappa shape index (κ2) is 11.2. The Labute approximate surface area is 231 Å². The van der Waals surface area contributed by atoms with Gasteiger partial charge in [-0.25, -0.2) is 0 Å². The van der Waals surface area contributed by atoms with Crippen LogP contribution in [-0.4, -0.2) is 108 Å².